The molecule has 9 heteroatoms. The number of aromatic nitrogens is 3. The molecule has 3 fully saturated rings. The Hall–Kier alpha value is -3.74. The second kappa shape index (κ2) is 8.93. The molecule has 4 aromatic rings. The molecule has 3 atom stereocenters. The van der Waals surface area contributed by atoms with E-state index in [1.54, 1.807) is 10.9 Å². The lowest BCUT2D eigenvalue weighted by molar-refractivity contribution is 0.182. The van der Waals surface area contributed by atoms with Gasteiger partial charge in [0.2, 0.25) is 0 Å². The van der Waals surface area contributed by atoms with Crippen LogP contribution in [-0.2, 0) is 11.3 Å². The average molecular weight is 516 g/mol. The Morgan fingerprint density at radius 1 is 1.16 bits per heavy atom. The summed E-state index contributed by atoms with van der Waals surface area (Å²) in [7, 11) is 0. The SMILES string of the molecule is C#Cc1c(F)ccc2cc(O)cc(-c3ncc4c(N5CC6CCC(C5)N6)nn(CC5CCOC5)c4c3F)c12. The molecule has 0 aliphatic carbocycles. The van der Waals surface area contributed by atoms with Gasteiger partial charge in [-0.15, -0.1) is 6.42 Å². The van der Waals surface area contributed by atoms with Crippen LogP contribution in [0.1, 0.15) is 24.8 Å². The van der Waals surface area contributed by atoms with E-state index < -0.39 is 11.6 Å². The first-order valence-corrected chi connectivity index (χ1v) is 13.1. The van der Waals surface area contributed by atoms with Gasteiger partial charge in [-0.1, -0.05) is 12.0 Å². The Morgan fingerprint density at radius 2 is 1.97 bits per heavy atom. The minimum absolute atomic E-state index is 0.00347. The summed E-state index contributed by atoms with van der Waals surface area (Å²) in [5.74, 6) is 2.10. The van der Waals surface area contributed by atoms with Crippen LogP contribution in [0.3, 0.4) is 0 Å². The number of benzene rings is 2. The van der Waals surface area contributed by atoms with Gasteiger partial charge in [0.05, 0.1) is 17.6 Å². The van der Waals surface area contributed by atoms with Crippen LogP contribution in [0.15, 0.2) is 30.5 Å². The molecule has 5 heterocycles. The lowest BCUT2D eigenvalue weighted by Crippen LogP contribution is -2.51. The third-order valence-electron chi connectivity index (χ3n) is 8.13. The van der Waals surface area contributed by atoms with E-state index in [0.29, 0.717) is 53.5 Å². The highest BCUT2D eigenvalue weighted by Crippen LogP contribution is 2.39. The zero-order chi connectivity index (χ0) is 26.0. The molecule has 2 aromatic carbocycles. The molecule has 38 heavy (non-hydrogen) atoms. The molecule has 3 aliphatic rings. The monoisotopic (exact) mass is 515 g/mol. The zero-order valence-electron chi connectivity index (χ0n) is 20.8. The highest BCUT2D eigenvalue weighted by atomic mass is 19.1. The van der Waals surface area contributed by atoms with Gasteiger partial charge in [-0.05, 0) is 42.8 Å². The Labute approximate surface area is 218 Å². The van der Waals surface area contributed by atoms with Crippen LogP contribution in [0.2, 0.25) is 0 Å². The van der Waals surface area contributed by atoms with Crippen LogP contribution < -0.4 is 10.2 Å². The summed E-state index contributed by atoms with van der Waals surface area (Å²) in [6.07, 6.45) is 10.4. The van der Waals surface area contributed by atoms with Crippen molar-refractivity contribution < 1.29 is 18.6 Å². The summed E-state index contributed by atoms with van der Waals surface area (Å²) in [4.78, 5) is 6.77. The number of pyridine rings is 1. The van der Waals surface area contributed by atoms with Gasteiger partial charge < -0.3 is 20.1 Å². The summed E-state index contributed by atoms with van der Waals surface area (Å²) in [6.45, 7) is 3.42. The fourth-order valence-electron chi connectivity index (χ4n) is 6.36. The van der Waals surface area contributed by atoms with E-state index in [0.717, 1.165) is 38.2 Å². The van der Waals surface area contributed by atoms with Crippen molar-refractivity contribution in [3.8, 4) is 29.4 Å². The fourth-order valence-corrected chi connectivity index (χ4v) is 6.36. The van der Waals surface area contributed by atoms with Gasteiger partial charge in [-0.2, -0.15) is 5.10 Å². The quantitative estimate of drug-likeness (QED) is 0.397. The largest absolute Gasteiger partial charge is 0.508 e. The maximum Gasteiger partial charge on any atom is 0.175 e. The predicted molar refractivity (Wildman–Crippen MR) is 141 cm³/mol. The van der Waals surface area contributed by atoms with Crippen LogP contribution in [0, 0.1) is 29.9 Å². The van der Waals surface area contributed by atoms with Gasteiger partial charge in [0.25, 0.3) is 0 Å². The standard InChI is InChI=1S/C29H27F2N5O2/c1-2-21-24(30)6-3-17-9-20(37)10-22(25(17)21)27-26(31)28-23(11-32-27)29(34-36(28)12-16-7-8-38-15-16)35-13-18-4-5-19(14-35)33-18/h1,3,6,9-11,16,18-19,33,37H,4-5,7-8,12-15H2. The van der Waals surface area contributed by atoms with E-state index in [2.05, 4.69) is 21.1 Å². The number of nitrogens with zero attached hydrogens (tertiary/aromatic N) is 4. The Kier molecular flexibility index (Phi) is 5.49. The first-order chi connectivity index (χ1) is 18.5. The number of fused-ring (bicyclic) bond motifs is 4. The smallest absolute Gasteiger partial charge is 0.175 e. The lowest BCUT2D eigenvalue weighted by Gasteiger charge is -2.33. The third kappa shape index (κ3) is 3.70. The molecule has 3 saturated heterocycles. The molecule has 7 nitrogen and oxygen atoms in total. The number of terminal acetylenes is 1. The second-order valence-corrected chi connectivity index (χ2v) is 10.6. The van der Waals surface area contributed by atoms with Gasteiger partial charge in [-0.25, -0.2) is 8.78 Å². The summed E-state index contributed by atoms with van der Waals surface area (Å²) >= 11 is 0. The topological polar surface area (TPSA) is 75.4 Å². The van der Waals surface area contributed by atoms with Crippen LogP contribution in [0.25, 0.3) is 32.9 Å². The summed E-state index contributed by atoms with van der Waals surface area (Å²) in [5.41, 5.74) is 0.590. The molecule has 0 amide bonds. The van der Waals surface area contributed by atoms with Gasteiger partial charge in [0, 0.05) is 61.4 Å². The fraction of sp³-hybridized carbons (Fsp3) is 0.379. The average Bonchev–Trinajstić information content (AvgIpc) is 3.64. The van der Waals surface area contributed by atoms with Gasteiger partial charge in [0.1, 0.15) is 22.8 Å². The van der Waals surface area contributed by atoms with Crippen LogP contribution >= 0.6 is 0 Å². The predicted octanol–water partition coefficient (Wildman–Crippen LogP) is 4.19. The molecule has 2 bridgehead atoms. The molecular formula is C29H27F2N5O2. The third-order valence-corrected chi connectivity index (χ3v) is 8.13. The maximum absolute atomic E-state index is 16.6. The summed E-state index contributed by atoms with van der Waals surface area (Å²) in [5, 5.41) is 20.5. The van der Waals surface area contributed by atoms with Crippen molar-refractivity contribution in [3.63, 3.8) is 0 Å². The van der Waals surface area contributed by atoms with Crippen LogP contribution in [0.5, 0.6) is 5.75 Å². The van der Waals surface area contributed by atoms with Gasteiger partial charge in [-0.3, -0.25) is 9.67 Å². The van der Waals surface area contributed by atoms with Gasteiger partial charge in [0.15, 0.2) is 11.6 Å². The number of nitrogens with one attached hydrogen (secondary N) is 1. The number of halogens is 2. The Bertz CT molecular complexity index is 1610. The number of hydrogen-bond donors (Lipinski definition) is 2. The molecule has 0 saturated carbocycles. The highest BCUT2D eigenvalue weighted by molar-refractivity contribution is 6.03. The highest BCUT2D eigenvalue weighted by Gasteiger charge is 2.35. The van der Waals surface area contributed by atoms with Crippen molar-refractivity contribution in [1.29, 1.82) is 0 Å². The number of rotatable bonds is 4. The molecule has 0 spiro atoms. The second-order valence-electron chi connectivity index (χ2n) is 10.6. The molecule has 7 rings (SSSR count). The van der Waals surface area contributed by atoms with Crippen molar-refractivity contribution in [1.82, 2.24) is 20.1 Å². The van der Waals surface area contributed by atoms with Crippen molar-refractivity contribution in [2.45, 2.75) is 37.9 Å². The van der Waals surface area contributed by atoms with Gasteiger partial charge >= 0.3 is 0 Å². The first-order valence-electron chi connectivity index (χ1n) is 13.1. The maximum atomic E-state index is 16.6. The molecule has 2 N–H and O–H groups in total. The summed E-state index contributed by atoms with van der Waals surface area (Å²) < 4.78 is 38.6. The number of phenolic OH excluding ortho intramolecular Hbond substituents is 1. The van der Waals surface area contributed by atoms with E-state index in [-0.39, 0.29) is 28.5 Å². The van der Waals surface area contributed by atoms with E-state index in [9.17, 15) is 9.50 Å². The van der Waals surface area contributed by atoms with E-state index in [1.807, 2.05) is 0 Å². The van der Waals surface area contributed by atoms with E-state index in [1.165, 1.54) is 24.3 Å². The van der Waals surface area contributed by atoms with Crippen LogP contribution in [-0.4, -0.2) is 58.3 Å². The first kappa shape index (κ1) is 23.4. The molecular weight excluding hydrogens is 488 g/mol. The molecule has 3 aliphatic heterocycles. The molecule has 3 unspecified atom stereocenters. The Balaban J connectivity index is 1.44. The van der Waals surface area contributed by atoms with Crippen LogP contribution in [0.4, 0.5) is 14.6 Å². The minimum atomic E-state index is -0.588. The minimum Gasteiger partial charge on any atom is -0.508 e. The Morgan fingerprint density at radius 3 is 2.71 bits per heavy atom. The number of anilines is 1. The van der Waals surface area contributed by atoms with E-state index in [4.69, 9.17) is 16.3 Å². The molecule has 194 valence electrons. The number of piperazine rings is 1. The normalized spacial score (nSPS) is 23.0. The number of hydrogen-bond acceptors (Lipinski definition) is 6. The van der Waals surface area contributed by atoms with Crippen molar-refractivity contribution in [2.24, 2.45) is 5.92 Å². The van der Waals surface area contributed by atoms with Crippen molar-refractivity contribution in [3.05, 3.63) is 47.7 Å². The number of aromatic hydroxyl groups is 1. The zero-order valence-corrected chi connectivity index (χ0v) is 20.8. The molecule has 0 radical (unpaired) electrons. The summed E-state index contributed by atoms with van der Waals surface area (Å²) in [6, 6.07) is 6.43. The van der Waals surface area contributed by atoms with E-state index >= 15 is 4.39 Å². The van der Waals surface area contributed by atoms with Crippen molar-refractivity contribution >= 4 is 27.5 Å². The lowest BCUT2D eigenvalue weighted by atomic mass is 9.96. The number of phenols is 1. The van der Waals surface area contributed by atoms with Crippen molar-refractivity contribution in [2.75, 3.05) is 31.2 Å². The number of ether oxygens (including phenoxy) is 1. The molecule has 2 aromatic heterocycles.